The zero-order chi connectivity index (χ0) is 24.7. The van der Waals surface area contributed by atoms with E-state index in [2.05, 4.69) is 22.3 Å². The van der Waals surface area contributed by atoms with Crippen molar-refractivity contribution in [2.75, 3.05) is 29.2 Å². The number of nitrogens with zero attached hydrogens (tertiary/aromatic N) is 3. The van der Waals surface area contributed by atoms with Crippen molar-refractivity contribution in [2.24, 2.45) is 11.5 Å². The van der Waals surface area contributed by atoms with Crippen LogP contribution in [0.1, 0.15) is 45.1 Å². The van der Waals surface area contributed by atoms with Crippen molar-refractivity contribution in [2.45, 2.75) is 58.2 Å². The zero-order valence-electron chi connectivity index (χ0n) is 20.8. The maximum atomic E-state index is 12.3. The lowest BCUT2D eigenvalue weighted by Crippen LogP contribution is -2.47. The molecule has 0 atom stereocenters. The summed E-state index contributed by atoms with van der Waals surface area (Å²) >= 11 is 0. The molecule has 0 aliphatic heterocycles. The van der Waals surface area contributed by atoms with Crippen LogP contribution in [0.4, 0.5) is 22.0 Å². The molecule has 1 heterocycles. The van der Waals surface area contributed by atoms with Crippen LogP contribution in [0.25, 0.3) is 10.9 Å². The summed E-state index contributed by atoms with van der Waals surface area (Å²) in [6.45, 7) is 4.37. The van der Waals surface area contributed by atoms with E-state index < -0.39 is 6.03 Å². The predicted molar refractivity (Wildman–Crippen MR) is 143 cm³/mol. The summed E-state index contributed by atoms with van der Waals surface area (Å²) in [5.74, 6) is 0.885. The van der Waals surface area contributed by atoms with Crippen molar-refractivity contribution < 1.29 is 4.79 Å². The van der Waals surface area contributed by atoms with Gasteiger partial charge in [0.25, 0.3) is 0 Å². The Labute approximate surface area is 203 Å². The number of benzene rings is 2. The molecule has 1 aromatic heterocycles. The highest BCUT2D eigenvalue weighted by Gasteiger charge is 2.30. The van der Waals surface area contributed by atoms with Crippen molar-refractivity contribution in [1.82, 2.24) is 4.98 Å². The van der Waals surface area contributed by atoms with Crippen LogP contribution in [0, 0.1) is 0 Å². The molecular formula is C27H38N6O. The third-order valence-electron chi connectivity index (χ3n) is 6.30. The summed E-state index contributed by atoms with van der Waals surface area (Å²) in [5.41, 5.74) is 15.6. The first-order valence-corrected chi connectivity index (χ1v) is 12.2. The Morgan fingerprint density at radius 1 is 1.00 bits per heavy atom. The summed E-state index contributed by atoms with van der Waals surface area (Å²) in [4.78, 5) is 21.0. The molecule has 3 aromatic rings. The van der Waals surface area contributed by atoms with Crippen LogP contribution < -0.4 is 26.6 Å². The third kappa shape index (κ3) is 5.59. The van der Waals surface area contributed by atoms with Gasteiger partial charge >= 0.3 is 6.03 Å². The van der Waals surface area contributed by atoms with Crippen LogP contribution in [-0.2, 0) is 6.54 Å². The number of carbonyl (C=O) groups excluding carboxylic acids is 1. The van der Waals surface area contributed by atoms with Gasteiger partial charge in [-0.1, -0.05) is 50.2 Å². The number of pyridine rings is 1. The minimum Gasteiger partial charge on any atom is -0.377 e. The largest absolute Gasteiger partial charge is 0.377 e. The summed E-state index contributed by atoms with van der Waals surface area (Å²) in [6, 6.07) is 18.0. The molecule has 0 unspecified atom stereocenters. The Hall–Kier alpha value is -3.32. The van der Waals surface area contributed by atoms with E-state index in [9.17, 15) is 4.79 Å². The van der Waals surface area contributed by atoms with Gasteiger partial charge in [-0.3, -0.25) is 4.90 Å². The Bertz CT molecular complexity index is 1090. The van der Waals surface area contributed by atoms with E-state index in [1.54, 1.807) is 4.90 Å². The monoisotopic (exact) mass is 462 g/mol. The number of aromatic nitrogens is 1. The number of fused-ring (bicyclic) bond motifs is 1. The van der Waals surface area contributed by atoms with Crippen LogP contribution in [-0.4, -0.2) is 37.2 Å². The smallest absolute Gasteiger partial charge is 0.319 e. The van der Waals surface area contributed by atoms with Gasteiger partial charge in [0.05, 0.1) is 11.2 Å². The van der Waals surface area contributed by atoms with E-state index >= 15 is 0 Å². The van der Waals surface area contributed by atoms with Gasteiger partial charge in [0.2, 0.25) is 0 Å². The van der Waals surface area contributed by atoms with Crippen molar-refractivity contribution in [3.63, 3.8) is 0 Å². The number of amides is 2. The maximum Gasteiger partial charge on any atom is 0.319 e. The minimum absolute atomic E-state index is 0.0696. The maximum absolute atomic E-state index is 12.3. The number of rotatable bonds is 6. The molecule has 0 radical (unpaired) electrons. The molecule has 4 rings (SSSR count). The molecule has 1 saturated carbocycles. The molecule has 1 fully saturated rings. The van der Waals surface area contributed by atoms with Gasteiger partial charge < -0.3 is 21.7 Å². The van der Waals surface area contributed by atoms with E-state index in [-0.39, 0.29) is 6.04 Å². The lowest BCUT2D eigenvalue weighted by atomic mass is 9.89. The number of nitrogens with two attached hydrogens (primary N) is 2. The normalized spacial score (nSPS) is 17.4. The number of primary amides is 1. The number of carbonyl (C=O) groups is 1. The fourth-order valence-electron chi connectivity index (χ4n) is 4.70. The van der Waals surface area contributed by atoms with Gasteiger partial charge in [0.15, 0.2) is 0 Å². The molecule has 0 spiro atoms. The quantitative estimate of drug-likeness (QED) is 0.473. The minimum atomic E-state index is -0.422. The van der Waals surface area contributed by atoms with Gasteiger partial charge in [0.1, 0.15) is 5.82 Å². The van der Waals surface area contributed by atoms with Gasteiger partial charge in [-0.25, -0.2) is 9.78 Å². The molecule has 0 saturated heterocycles. The lowest BCUT2D eigenvalue weighted by molar-refractivity contribution is 0.248. The molecular weight excluding hydrogens is 424 g/mol. The summed E-state index contributed by atoms with van der Waals surface area (Å²) in [6.07, 6.45) is 3.61. The molecule has 34 heavy (non-hydrogen) atoms. The highest BCUT2D eigenvalue weighted by Crippen LogP contribution is 2.32. The highest BCUT2D eigenvalue weighted by atomic mass is 16.2. The third-order valence-corrected chi connectivity index (χ3v) is 6.30. The van der Waals surface area contributed by atoms with Crippen LogP contribution in [0.3, 0.4) is 0 Å². The molecule has 2 aromatic carbocycles. The number of hydrogen-bond acceptors (Lipinski definition) is 5. The average molecular weight is 463 g/mol. The summed E-state index contributed by atoms with van der Waals surface area (Å²) in [5, 5.41) is 4.77. The van der Waals surface area contributed by atoms with Crippen LogP contribution in [0.5, 0.6) is 0 Å². The van der Waals surface area contributed by atoms with Crippen LogP contribution >= 0.6 is 0 Å². The number of hydrogen-bond donors (Lipinski definition) is 3. The first-order valence-electron chi connectivity index (χ1n) is 12.2. The number of nitrogens with one attached hydrogen (secondary N) is 1. The highest BCUT2D eigenvalue weighted by molar-refractivity contribution is 5.93. The predicted octanol–water partition coefficient (Wildman–Crippen LogP) is 5.09. The van der Waals surface area contributed by atoms with Crippen molar-refractivity contribution in [3.05, 3.63) is 60.2 Å². The number of anilines is 3. The lowest BCUT2D eigenvalue weighted by Gasteiger charge is -2.37. The molecule has 182 valence electrons. The summed E-state index contributed by atoms with van der Waals surface area (Å²) in [7, 11) is 4.10. The van der Waals surface area contributed by atoms with Crippen LogP contribution in [0.2, 0.25) is 0 Å². The standard InChI is InChI=1S/C25H32N6O.C2H6/c1-30(2)23-15-24(29-21-9-5-4-8-20(21)23)28-18-11-13-19(14-12-18)31(25(27)32)22-10-6-3-7-17(22)16-26;1-2/h3-10,15,18-19H,11-14,16,26H2,1-2H3,(H2,27,32)(H,28,29);1-2H3. The second-order valence-corrected chi connectivity index (χ2v) is 8.63. The summed E-state index contributed by atoms with van der Waals surface area (Å²) < 4.78 is 0. The average Bonchev–Trinajstić information content (AvgIpc) is 2.86. The molecule has 5 N–H and O–H groups in total. The SMILES string of the molecule is CC.CN(C)c1cc(NC2CCC(N(C(N)=O)c3ccccc3CN)CC2)nc2ccccc12. The molecule has 7 heteroatoms. The molecule has 1 aliphatic rings. The van der Waals surface area contributed by atoms with Crippen LogP contribution in [0.15, 0.2) is 54.6 Å². The first-order chi connectivity index (χ1) is 16.5. The topological polar surface area (TPSA) is 101 Å². The van der Waals surface area contributed by atoms with E-state index in [1.165, 1.54) is 0 Å². The first kappa shape index (κ1) is 25.3. The Morgan fingerprint density at radius 2 is 1.65 bits per heavy atom. The second kappa shape index (κ2) is 11.7. The number of urea groups is 1. The van der Waals surface area contributed by atoms with E-state index in [0.717, 1.165) is 59.3 Å². The Kier molecular flexibility index (Phi) is 8.71. The van der Waals surface area contributed by atoms with Gasteiger partial charge in [-0.05, 0) is 43.4 Å². The second-order valence-electron chi connectivity index (χ2n) is 8.63. The van der Waals surface area contributed by atoms with Gasteiger partial charge in [-0.15, -0.1) is 0 Å². The Balaban J connectivity index is 0.00000158. The van der Waals surface area contributed by atoms with E-state index in [1.807, 2.05) is 70.4 Å². The molecule has 0 bridgehead atoms. The Morgan fingerprint density at radius 3 is 2.29 bits per heavy atom. The van der Waals surface area contributed by atoms with Gasteiger partial charge in [0, 0.05) is 49.9 Å². The fourth-order valence-corrected chi connectivity index (χ4v) is 4.70. The van der Waals surface area contributed by atoms with Crippen molar-refractivity contribution in [3.8, 4) is 0 Å². The number of para-hydroxylation sites is 2. The molecule has 1 aliphatic carbocycles. The fraction of sp³-hybridized carbons (Fsp3) is 0.407. The van der Waals surface area contributed by atoms with Crippen molar-refractivity contribution in [1.29, 1.82) is 0 Å². The molecule has 2 amide bonds. The van der Waals surface area contributed by atoms with E-state index in [0.29, 0.717) is 12.6 Å². The molecule has 7 nitrogen and oxygen atoms in total. The van der Waals surface area contributed by atoms with Gasteiger partial charge in [-0.2, -0.15) is 0 Å². The van der Waals surface area contributed by atoms with Crippen molar-refractivity contribution >= 4 is 34.1 Å². The van der Waals surface area contributed by atoms with E-state index in [4.69, 9.17) is 16.5 Å². The zero-order valence-corrected chi connectivity index (χ0v) is 20.8.